The summed E-state index contributed by atoms with van der Waals surface area (Å²) in [6.07, 6.45) is 10.4. The maximum atomic E-state index is 12.4. The fraction of sp³-hybridized carbons (Fsp3) is 0.769. The van der Waals surface area contributed by atoms with E-state index in [1.54, 1.807) is 0 Å². The molecule has 0 amide bonds. The van der Waals surface area contributed by atoms with Crippen LogP contribution in [-0.4, -0.2) is 80.9 Å². The number of nitrogens with zero attached hydrogens (tertiary/aromatic N) is 3. The second-order valence-corrected chi connectivity index (χ2v) is 10.2. The first-order valence-electron chi connectivity index (χ1n) is 13.0. The molecule has 1 aromatic heterocycles. The lowest BCUT2D eigenvalue weighted by atomic mass is 9.78. The summed E-state index contributed by atoms with van der Waals surface area (Å²) in [5.74, 6) is 3.92. The van der Waals surface area contributed by atoms with E-state index in [0.29, 0.717) is 37.9 Å². The number of carbonyl (C=O) groups excluding carboxylic acids is 1. The van der Waals surface area contributed by atoms with Crippen LogP contribution in [-0.2, 0) is 20.7 Å². The average Bonchev–Trinajstić information content (AvgIpc) is 3.34. The smallest absolute Gasteiger partial charge is 0.135 e. The fourth-order valence-electron chi connectivity index (χ4n) is 5.96. The molecule has 0 aromatic carbocycles. The first-order valence-corrected chi connectivity index (χ1v) is 13.0. The highest BCUT2D eigenvalue weighted by Crippen LogP contribution is 2.34. The van der Waals surface area contributed by atoms with Gasteiger partial charge in [0.25, 0.3) is 0 Å². The summed E-state index contributed by atoms with van der Waals surface area (Å²) >= 11 is 0. The van der Waals surface area contributed by atoms with Crippen molar-refractivity contribution in [3.8, 4) is 5.75 Å². The molecule has 2 saturated heterocycles. The first kappa shape index (κ1) is 23.1. The molecule has 1 saturated carbocycles. The number of piperazine rings is 1. The van der Waals surface area contributed by atoms with Gasteiger partial charge in [-0.3, -0.25) is 9.69 Å². The minimum absolute atomic E-state index is 0.0185. The summed E-state index contributed by atoms with van der Waals surface area (Å²) in [6, 6.07) is 1.99. The predicted octanol–water partition coefficient (Wildman–Crippen LogP) is 3.10. The largest absolute Gasteiger partial charge is 0.493 e. The molecule has 0 radical (unpaired) electrons. The summed E-state index contributed by atoms with van der Waals surface area (Å²) in [4.78, 5) is 22.2. The summed E-state index contributed by atoms with van der Waals surface area (Å²) in [5.41, 5.74) is 1.29. The molecular weight excluding hydrogens is 418 g/mol. The number of pyridine rings is 1. The zero-order valence-corrected chi connectivity index (χ0v) is 19.9. The Morgan fingerprint density at radius 2 is 1.82 bits per heavy atom. The topological polar surface area (TPSA) is 64.1 Å². The minimum Gasteiger partial charge on any atom is -0.493 e. The third-order valence-electron chi connectivity index (χ3n) is 7.95. The number of ketones is 1. The third kappa shape index (κ3) is 6.06. The van der Waals surface area contributed by atoms with E-state index in [9.17, 15) is 4.79 Å². The molecule has 1 aliphatic carbocycles. The van der Waals surface area contributed by atoms with Crippen molar-refractivity contribution in [1.29, 1.82) is 0 Å². The van der Waals surface area contributed by atoms with Gasteiger partial charge in [0, 0.05) is 57.2 Å². The van der Waals surface area contributed by atoms with Crippen LogP contribution in [0.2, 0.25) is 0 Å². The van der Waals surface area contributed by atoms with E-state index >= 15 is 0 Å². The zero-order valence-electron chi connectivity index (χ0n) is 19.9. The Labute approximate surface area is 197 Å². The Balaban J connectivity index is 0.980. The van der Waals surface area contributed by atoms with E-state index in [2.05, 4.69) is 14.8 Å². The molecule has 0 bridgehead atoms. The van der Waals surface area contributed by atoms with Crippen LogP contribution in [0.3, 0.4) is 0 Å². The highest BCUT2D eigenvalue weighted by Gasteiger charge is 2.27. The van der Waals surface area contributed by atoms with Gasteiger partial charge in [-0.1, -0.05) is 12.8 Å². The van der Waals surface area contributed by atoms with Crippen molar-refractivity contribution in [3.05, 3.63) is 17.8 Å². The molecule has 0 spiro atoms. The van der Waals surface area contributed by atoms with Crippen LogP contribution in [0, 0.1) is 11.8 Å². The van der Waals surface area contributed by atoms with Crippen molar-refractivity contribution in [2.24, 2.45) is 11.8 Å². The van der Waals surface area contributed by atoms with Crippen LogP contribution < -0.4 is 9.64 Å². The Bertz CT molecular complexity index is 782. The summed E-state index contributed by atoms with van der Waals surface area (Å²) in [6.45, 7) is 8.17. The van der Waals surface area contributed by atoms with Crippen molar-refractivity contribution in [2.75, 3.05) is 64.1 Å². The number of rotatable bonds is 8. The Hall–Kier alpha value is -1.70. The molecule has 4 heterocycles. The van der Waals surface area contributed by atoms with Gasteiger partial charge in [0.15, 0.2) is 0 Å². The van der Waals surface area contributed by atoms with E-state index in [4.69, 9.17) is 14.2 Å². The van der Waals surface area contributed by atoms with Crippen LogP contribution in [0.5, 0.6) is 5.75 Å². The lowest BCUT2D eigenvalue weighted by Crippen LogP contribution is -2.47. The average molecular weight is 458 g/mol. The molecule has 1 aromatic rings. The number of ether oxygens (including phenoxy) is 3. The Morgan fingerprint density at radius 1 is 1.00 bits per heavy atom. The monoisotopic (exact) mass is 457 g/mol. The van der Waals surface area contributed by atoms with Crippen molar-refractivity contribution >= 4 is 11.6 Å². The molecule has 3 aliphatic heterocycles. The van der Waals surface area contributed by atoms with Crippen LogP contribution in [0.4, 0.5) is 5.82 Å². The maximum Gasteiger partial charge on any atom is 0.135 e. The van der Waals surface area contributed by atoms with Gasteiger partial charge in [-0.05, 0) is 43.7 Å². The van der Waals surface area contributed by atoms with E-state index < -0.39 is 0 Å². The number of fused-ring (bicyclic) bond motifs is 1. The third-order valence-corrected chi connectivity index (χ3v) is 7.95. The molecule has 0 N–H and O–H groups in total. The van der Waals surface area contributed by atoms with Gasteiger partial charge < -0.3 is 19.1 Å². The Morgan fingerprint density at radius 3 is 2.61 bits per heavy atom. The molecule has 33 heavy (non-hydrogen) atoms. The molecule has 7 nitrogen and oxygen atoms in total. The first-order chi connectivity index (χ1) is 16.2. The standard InChI is InChI=1S/C26H39N3O4/c30-22(18-23-19-31-15-16-32-23)17-21-3-1-20(2-4-21)6-9-28-10-12-29(13-11-28)26-24-7-14-33-25(24)5-8-27-26/h5,8,20-21,23H,1-4,6-7,9-19H2/t20?,21?,23-/m1/s1. The molecule has 182 valence electrons. The lowest BCUT2D eigenvalue weighted by Gasteiger charge is -2.37. The number of Topliss-reactive ketones (excluding diaryl/α,β-unsaturated/α-hetero) is 1. The van der Waals surface area contributed by atoms with Crippen LogP contribution in [0.1, 0.15) is 50.5 Å². The van der Waals surface area contributed by atoms with Gasteiger partial charge in [0.1, 0.15) is 17.4 Å². The molecule has 5 rings (SSSR count). The van der Waals surface area contributed by atoms with E-state index in [1.807, 2.05) is 12.3 Å². The zero-order chi connectivity index (χ0) is 22.5. The number of aromatic nitrogens is 1. The van der Waals surface area contributed by atoms with Gasteiger partial charge in [0.2, 0.25) is 0 Å². The second-order valence-electron chi connectivity index (χ2n) is 10.2. The molecule has 3 fully saturated rings. The van der Waals surface area contributed by atoms with Gasteiger partial charge in [-0.25, -0.2) is 4.98 Å². The fourth-order valence-corrected chi connectivity index (χ4v) is 5.96. The van der Waals surface area contributed by atoms with Crippen LogP contribution in [0.15, 0.2) is 12.3 Å². The SMILES string of the molecule is O=C(CC1CCC(CCN2CCN(c3nccc4c3CCO4)CC2)CC1)C[C@@H]1COCCO1. The summed E-state index contributed by atoms with van der Waals surface area (Å²) < 4.78 is 16.8. The summed E-state index contributed by atoms with van der Waals surface area (Å²) in [7, 11) is 0. The number of anilines is 1. The highest BCUT2D eigenvalue weighted by atomic mass is 16.6. The lowest BCUT2D eigenvalue weighted by molar-refractivity contribution is -0.130. The minimum atomic E-state index is -0.0185. The van der Waals surface area contributed by atoms with E-state index in [0.717, 1.165) is 63.1 Å². The van der Waals surface area contributed by atoms with Gasteiger partial charge in [-0.2, -0.15) is 0 Å². The van der Waals surface area contributed by atoms with Crippen molar-refractivity contribution in [3.63, 3.8) is 0 Å². The van der Waals surface area contributed by atoms with E-state index in [1.165, 1.54) is 44.2 Å². The summed E-state index contributed by atoms with van der Waals surface area (Å²) in [5, 5.41) is 0. The quantitative estimate of drug-likeness (QED) is 0.594. The van der Waals surface area contributed by atoms with Gasteiger partial charge in [-0.15, -0.1) is 0 Å². The van der Waals surface area contributed by atoms with Crippen LogP contribution in [0.25, 0.3) is 0 Å². The highest BCUT2D eigenvalue weighted by molar-refractivity contribution is 5.79. The van der Waals surface area contributed by atoms with E-state index in [-0.39, 0.29) is 6.10 Å². The maximum absolute atomic E-state index is 12.4. The molecular formula is C26H39N3O4. The normalized spacial score (nSPS) is 28.4. The molecule has 7 heteroatoms. The van der Waals surface area contributed by atoms with Crippen molar-refractivity contribution < 1.29 is 19.0 Å². The van der Waals surface area contributed by atoms with Crippen molar-refractivity contribution in [2.45, 2.75) is 57.5 Å². The Kier molecular flexibility index (Phi) is 7.79. The van der Waals surface area contributed by atoms with Gasteiger partial charge in [0.05, 0.1) is 32.5 Å². The molecule has 0 unspecified atom stereocenters. The number of hydrogen-bond donors (Lipinski definition) is 0. The number of carbonyl (C=O) groups is 1. The molecule has 4 aliphatic rings. The van der Waals surface area contributed by atoms with Gasteiger partial charge >= 0.3 is 0 Å². The number of hydrogen-bond acceptors (Lipinski definition) is 7. The van der Waals surface area contributed by atoms with Crippen LogP contribution >= 0.6 is 0 Å². The van der Waals surface area contributed by atoms with Crippen molar-refractivity contribution in [1.82, 2.24) is 9.88 Å². The predicted molar refractivity (Wildman–Crippen MR) is 127 cm³/mol. The second kappa shape index (κ2) is 11.2. The molecule has 1 atom stereocenters.